The Labute approximate surface area is 178 Å². The summed E-state index contributed by atoms with van der Waals surface area (Å²) in [6.45, 7) is 7.82. The number of nitrogens with zero attached hydrogens (tertiary/aromatic N) is 4. The molecule has 3 heterocycles. The minimum atomic E-state index is -0.569. The van der Waals surface area contributed by atoms with Crippen molar-refractivity contribution >= 4 is 45.4 Å². The highest BCUT2D eigenvalue weighted by Crippen LogP contribution is 2.33. The second kappa shape index (κ2) is 8.62. The van der Waals surface area contributed by atoms with Crippen molar-refractivity contribution in [3.05, 3.63) is 30.5 Å². The Bertz CT molecular complexity index is 1080. The van der Waals surface area contributed by atoms with Gasteiger partial charge in [-0.05, 0) is 52.0 Å². The van der Waals surface area contributed by atoms with Crippen molar-refractivity contribution in [3.63, 3.8) is 0 Å². The Balaban J connectivity index is 1.83. The number of amides is 3. The third kappa shape index (κ3) is 5.20. The number of hydrogen-bond acceptors (Lipinski definition) is 7. The van der Waals surface area contributed by atoms with Crippen molar-refractivity contribution in [1.82, 2.24) is 20.3 Å². The van der Waals surface area contributed by atoms with Gasteiger partial charge in [0.1, 0.15) is 27.6 Å². The molecule has 0 saturated heterocycles. The fraction of sp³-hybridized carbons (Fsp3) is 0.350. The number of aromatic nitrogens is 3. The van der Waals surface area contributed by atoms with E-state index in [2.05, 4.69) is 25.6 Å². The number of fused-ring (bicyclic) bond motifs is 1. The summed E-state index contributed by atoms with van der Waals surface area (Å²) in [5.74, 6) is 0.386. The summed E-state index contributed by atoms with van der Waals surface area (Å²) in [4.78, 5) is 39.6. The van der Waals surface area contributed by atoms with E-state index in [1.807, 2.05) is 39.8 Å². The molecule has 0 radical (unpaired) electrons. The van der Waals surface area contributed by atoms with Crippen molar-refractivity contribution in [3.8, 4) is 10.6 Å². The van der Waals surface area contributed by atoms with Gasteiger partial charge in [-0.1, -0.05) is 0 Å². The summed E-state index contributed by atoms with van der Waals surface area (Å²) >= 11 is 1.39. The van der Waals surface area contributed by atoms with Gasteiger partial charge in [0.25, 0.3) is 0 Å². The van der Waals surface area contributed by atoms with Crippen LogP contribution < -0.4 is 15.5 Å². The van der Waals surface area contributed by atoms with Gasteiger partial charge >= 0.3 is 12.1 Å². The number of hydrogen-bond donors (Lipinski definition) is 2. The van der Waals surface area contributed by atoms with Crippen LogP contribution in [0.25, 0.3) is 21.7 Å². The van der Waals surface area contributed by atoms with Crippen LogP contribution in [0.4, 0.5) is 20.4 Å². The molecule has 0 unspecified atom stereocenters. The molecule has 3 rings (SSSR count). The van der Waals surface area contributed by atoms with Crippen LogP contribution >= 0.6 is 11.3 Å². The van der Waals surface area contributed by atoms with E-state index in [0.717, 1.165) is 9.88 Å². The summed E-state index contributed by atoms with van der Waals surface area (Å²) in [6, 6.07) is 6.78. The van der Waals surface area contributed by atoms with Crippen LogP contribution in [0.1, 0.15) is 27.7 Å². The lowest BCUT2D eigenvalue weighted by atomic mass is 10.2. The maximum absolute atomic E-state index is 12.3. The van der Waals surface area contributed by atoms with Crippen molar-refractivity contribution in [2.75, 3.05) is 23.8 Å². The Morgan fingerprint density at radius 1 is 1.17 bits per heavy atom. The van der Waals surface area contributed by atoms with Crippen molar-refractivity contribution in [2.24, 2.45) is 0 Å². The number of urea groups is 1. The highest BCUT2D eigenvalue weighted by Gasteiger charge is 2.22. The first kappa shape index (κ1) is 21.4. The Morgan fingerprint density at radius 2 is 1.93 bits per heavy atom. The predicted octanol–water partition coefficient (Wildman–Crippen LogP) is 4.27. The standard InChI is InChI=1S/C20H24N6O3S/c1-6-21-18(27)25-15-9-7-12-17(24-15)23-13(11-22-12)14-8-10-16(30-14)26(5)19(28)29-20(2,3)4/h7-11H,6H2,1-5H3,(H2,21,23,24,25,27). The van der Waals surface area contributed by atoms with E-state index in [0.29, 0.717) is 29.2 Å². The minimum absolute atomic E-state index is 0.332. The molecule has 0 saturated carbocycles. The second-order valence-corrected chi connectivity index (χ2v) is 8.52. The number of rotatable bonds is 4. The fourth-order valence-electron chi connectivity index (χ4n) is 2.47. The van der Waals surface area contributed by atoms with Crippen molar-refractivity contribution in [2.45, 2.75) is 33.3 Å². The van der Waals surface area contributed by atoms with E-state index in [9.17, 15) is 9.59 Å². The topological polar surface area (TPSA) is 109 Å². The van der Waals surface area contributed by atoms with Gasteiger partial charge in [-0.25, -0.2) is 19.6 Å². The van der Waals surface area contributed by atoms with Gasteiger partial charge in [0, 0.05) is 13.6 Å². The predicted molar refractivity (Wildman–Crippen MR) is 118 cm³/mol. The van der Waals surface area contributed by atoms with Gasteiger partial charge in [0.05, 0.1) is 11.1 Å². The van der Waals surface area contributed by atoms with Gasteiger partial charge < -0.3 is 10.1 Å². The van der Waals surface area contributed by atoms with Crippen molar-refractivity contribution in [1.29, 1.82) is 0 Å². The molecule has 0 aliphatic heterocycles. The number of thiophene rings is 1. The molecule has 30 heavy (non-hydrogen) atoms. The zero-order chi connectivity index (χ0) is 21.9. The first-order chi connectivity index (χ1) is 14.2. The summed E-state index contributed by atoms with van der Waals surface area (Å²) < 4.78 is 5.40. The molecule has 10 heteroatoms. The summed E-state index contributed by atoms with van der Waals surface area (Å²) in [5, 5.41) is 6.03. The monoisotopic (exact) mass is 428 g/mol. The number of pyridine rings is 1. The summed E-state index contributed by atoms with van der Waals surface area (Å²) in [5.41, 5.74) is 1.08. The number of anilines is 2. The van der Waals surface area contributed by atoms with Gasteiger partial charge in [-0.2, -0.15) is 0 Å². The molecule has 0 bridgehead atoms. The van der Waals surface area contributed by atoms with E-state index >= 15 is 0 Å². The van der Waals surface area contributed by atoms with Gasteiger partial charge in [-0.3, -0.25) is 15.2 Å². The largest absolute Gasteiger partial charge is 0.443 e. The smallest absolute Gasteiger partial charge is 0.415 e. The number of carbonyl (C=O) groups excluding carboxylic acids is 2. The van der Waals surface area contributed by atoms with Crippen LogP contribution in [0, 0.1) is 0 Å². The maximum Gasteiger partial charge on any atom is 0.415 e. The normalized spacial score (nSPS) is 11.2. The molecule has 0 fully saturated rings. The Morgan fingerprint density at radius 3 is 2.63 bits per heavy atom. The van der Waals surface area contributed by atoms with Crippen LogP contribution in [-0.2, 0) is 4.74 Å². The van der Waals surface area contributed by atoms with E-state index in [1.165, 1.54) is 16.2 Å². The van der Waals surface area contributed by atoms with Crippen LogP contribution in [0.3, 0.4) is 0 Å². The Hall–Kier alpha value is -3.27. The van der Waals surface area contributed by atoms with Crippen LogP contribution in [0.2, 0.25) is 0 Å². The van der Waals surface area contributed by atoms with Gasteiger partial charge in [0.2, 0.25) is 0 Å². The third-order valence-electron chi connectivity index (χ3n) is 3.83. The minimum Gasteiger partial charge on any atom is -0.443 e. The van der Waals surface area contributed by atoms with Crippen LogP contribution in [0.5, 0.6) is 0 Å². The molecular formula is C20H24N6O3S. The molecule has 0 aliphatic carbocycles. The first-order valence-electron chi connectivity index (χ1n) is 9.42. The number of nitrogens with one attached hydrogen (secondary N) is 2. The SMILES string of the molecule is CCNC(=O)Nc1ccc2ncc(-c3ccc(N(C)C(=O)OC(C)(C)C)s3)nc2n1. The molecule has 0 spiro atoms. The molecule has 158 valence electrons. The zero-order valence-electron chi connectivity index (χ0n) is 17.5. The molecule has 0 aliphatic rings. The maximum atomic E-state index is 12.3. The average molecular weight is 429 g/mol. The van der Waals surface area contributed by atoms with E-state index in [-0.39, 0.29) is 6.03 Å². The highest BCUT2D eigenvalue weighted by molar-refractivity contribution is 7.19. The average Bonchev–Trinajstić information content (AvgIpc) is 3.15. The molecular weight excluding hydrogens is 404 g/mol. The van der Waals surface area contributed by atoms with Crippen LogP contribution in [-0.4, -0.2) is 46.3 Å². The van der Waals surface area contributed by atoms with Crippen molar-refractivity contribution < 1.29 is 14.3 Å². The summed E-state index contributed by atoms with van der Waals surface area (Å²) in [7, 11) is 1.66. The molecule has 0 atom stereocenters. The van der Waals surface area contributed by atoms with Crippen LogP contribution in [0.15, 0.2) is 30.5 Å². The molecule has 2 N–H and O–H groups in total. The van der Waals surface area contributed by atoms with E-state index in [4.69, 9.17) is 4.74 Å². The van der Waals surface area contributed by atoms with Gasteiger partial charge in [0.15, 0.2) is 5.65 Å². The molecule has 3 aromatic rings. The lowest BCUT2D eigenvalue weighted by Crippen LogP contribution is -2.33. The Kier molecular flexibility index (Phi) is 6.16. The molecule has 0 aromatic carbocycles. The first-order valence-corrected chi connectivity index (χ1v) is 10.2. The zero-order valence-corrected chi connectivity index (χ0v) is 18.3. The third-order valence-corrected chi connectivity index (χ3v) is 5.01. The summed E-state index contributed by atoms with van der Waals surface area (Å²) in [6.07, 6.45) is 1.23. The van der Waals surface area contributed by atoms with Gasteiger partial charge in [-0.15, -0.1) is 11.3 Å². The highest BCUT2D eigenvalue weighted by atomic mass is 32.1. The molecule has 3 amide bonds. The number of ether oxygens (including phenoxy) is 1. The lowest BCUT2D eigenvalue weighted by Gasteiger charge is -2.23. The molecule has 9 nitrogen and oxygen atoms in total. The van der Waals surface area contributed by atoms with E-state index in [1.54, 1.807) is 25.4 Å². The lowest BCUT2D eigenvalue weighted by molar-refractivity contribution is 0.0590. The van der Waals surface area contributed by atoms with E-state index < -0.39 is 11.7 Å². The second-order valence-electron chi connectivity index (χ2n) is 7.46. The molecule has 3 aromatic heterocycles. The quantitative estimate of drug-likeness (QED) is 0.642. The fourth-order valence-corrected chi connectivity index (χ4v) is 3.38. The number of carbonyl (C=O) groups is 2.